The molecule has 1 heterocycles. The minimum Gasteiger partial charge on any atom is -0.507 e. The lowest BCUT2D eigenvalue weighted by atomic mass is 10.1. The number of carbonyl (C=O) groups is 2. The molecule has 102 valence electrons. The fourth-order valence-corrected chi connectivity index (χ4v) is 1.62. The summed E-state index contributed by atoms with van der Waals surface area (Å²) in [6, 6.07) is 6.71. The Morgan fingerprint density at radius 3 is 2.50 bits per heavy atom. The highest BCUT2D eigenvalue weighted by molar-refractivity contribution is 6.29. The average molecular weight is 293 g/mol. The predicted octanol–water partition coefficient (Wildman–Crippen LogP) is 2.39. The number of phenols is 1. The zero-order valence-corrected chi connectivity index (χ0v) is 10.8. The third-order valence-corrected chi connectivity index (χ3v) is 2.70. The number of nitrogens with zero attached hydrogens (tertiary/aromatic N) is 1. The van der Waals surface area contributed by atoms with Crippen LogP contribution in [-0.4, -0.2) is 27.1 Å². The molecule has 0 fully saturated rings. The van der Waals surface area contributed by atoms with Crippen molar-refractivity contribution in [1.29, 1.82) is 0 Å². The second kappa shape index (κ2) is 5.58. The van der Waals surface area contributed by atoms with Gasteiger partial charge in [0, 0.05) is 18.0 Å². The van der Waals surface area contributed by atoms with Gasteiger partial charge in [0.1, 0.15) is 16.5 Å². The van der Waals surface area contributed by atoms with E-state index in [2.05, 4.69) is 10.3 Å². The fourth-order valence-electron chi connectivity index (χ4n) is 1.50. The van der Waals surface area contributed by atoms with Gasteiger partial charge in [0.2, 0.25) is 0 Å². The molecule has 0 bridgehead atoms. The van der Waals surface area contributed by atoms with Crippen molar-refractivity contribution < 1.29 is 19.8 Å². The number of pyridine rings is 1. The zero-order valence-electron chi connectivity index (χ0n) is 10.0. The van der Waals surface area contributed by atoms with E-state index in [-0.39, 0.29) is 22.0 Å². The molecule has 0 radical (unpaired) electrons. The van der Waals surface area contributed by atoms with E-state index < -0.39 is 17.6 Å². The molecule has 0 aliphatic rings. The number of benzene rings is 1. The van der Waals surface area contributed by atoms with Crippen LogP contribution in [0.25, 0.3) is 0 Å². The van der Waals surface area contributed by atoms with Crippen molar-refractivity contribution in [3.8, 4) is 5.75 Å². The number of amides is 1. The van der Waals surface area contributed by atoms with Crippen LogP contribution in [0.1, 0.15) is 20.7 Å². The van der Waals surface area contributed by atoms with E-state index in [1.807, 2.05) is 0 Å². The largest absolute Gasteiger partial charge is 0.507 e. The van der Waals surface area contributed by atoms with Gasteiger partial charge in [-0.15, -0.1) is 0 Å². The summed E-state index contributed by atoms with van der Waals surface area (Å²) in [6.45, 7) is 0. The Bertz CT molecular complexity index is 671. The number of aromatic carboxylic acids is 1. The van der Waals surface area contributed by atoms with Crippen molar-refractivity contribution in [3.63, 3.8) is 0 Å². The summed E-state index contributed by atoms with van der Waals surface area (Å²) >= 11 is 5.61. The maximum atomic E-state index is 11.9. The first-order chi connectivity index (χ1) is 9.47. The molecule has 0 aliphatic heterocycles. The van der Waals surface area contributed by atoms with Gasteiger partial charge < -0.3 is 15.5 Å². The number of aromatic hydroxyl groups is 1. The summed E-state index contributed by atoms with van der Waals surface area (Å²) in [7, 11) is 0. The Hall–Kier alpha value is -2.60. The van der Waals surface area contributed by atoms with E-state index in [0.717, 1.165) is 6.07 Å². The summed E-state index contributed by atoms with van der Waals surface area (Å²) in [6.07, 6.45) is 1.31. The number of hydrogen-bond donors (Lipinski definition) is 3. The topological polar surface area (TPSA) is 99.5 Å². The van der Waals surface area contributed by atoms with Gasteiger partial charge in [0.25, 0.3) is 5.91 Å². The number of aromatic nitrogens is 1. The maximum absolute atomic E-state index is 11.9. The molecule has 1 aromatic heterocycles. The molecule has 0 aliphatic carbocycles. The fraction of sp³-hybridized carbons (Fsp3) is 0. The number of carboxylic acids is 1. The smallest absolute Gasteiger partial charge is 0.339 e. The number of nitrogens with one attached hydrogen (secondary N) is 1. The first-order valence-corrected chi connectivity index (χ1v) is 5.84. The molecule has 1 amide bonds. The van der Waals surface area contributed by atoms with Crippen LogP contribution in [0.5, 0.6) is 5.75 Å². The molecule has 2 aromatic rings. The Morgan fingerprint density at radius 2 is 1.95 bits per heavy atom. The Balaban J connectivity index is 2.18. The molecule has 6 nitrogen and oxygen atoms in total. The van der Waals surface area contributed by atoms with Crippen LogP contribution in [0, 0.1) is 0 Å². The maximum Gasteiger partial charge on any atom is 0.339 e. The van der Waals surface area contributed by atoms with E-state index in [9.17, 15) is 14.7 Å². The molecule has 0 atom stereocenters. The van der Waals surface area contributed by atoms with Crippen LogP contribution in [0.4, 0.5) is 5.69 Å². The van der Waals surface area contributed by atoms with Crippen molar-refractivity contribution in [1.82, 2.24) is 4.98 Å². The number of halogens is 1. The number of rotatable bonds is 3. The predicted molar refractivity (Wildman–Crippen MR) is 72.3 cm³/mol. The quantitative estimate of drug-likeness (QED) is 0.754. The number of hydrogen-bond acceptors (Lipinski definition) is 4. The highest BCUT2D eigenvalue weighted by Gasteiger charge is 2.12. The van der Waals surface area contributed by atoms with Gasteiger partial charge in [-0.3, -0.25) is 4.79 Å². The molecule has 20 heavy (non-hydrogen) atoms. The van der Waals surface area contributed by atoms with E-state index in [1.165, 1.54) is 30.5 Å². The van der Waals surface area contributed by atoms with Crippen LogP contribution in [-0.2, 0) is 0 Å². The monoisotopic (exact) mass is 292 g/mol. The van der Waals surface area contributed by atoms with Gasteiger partial charge in [-0.2, -0.15) is 0 Å². The minimum atomic E-state index is -1.25. The molecular weight excluding hydrogens is 284 g/mol. The van der Waals surface area contributed by atoms with Crippen molar-refractivity contribution in [2.75, 3.05) is 5.32 Å². The number of anilines is 1. The average Bonchev–Trinajstić information content (AvgIpc) is 2.39. The van der Waals surface area contributed by atoms with Gasteiger partial charge in [-0.25, -0.2) is 9.78 Å². The SMILES string of the molecule is O=C(Nc1ccc(C(=O)O)c(O)c1)c1ccc(Cl)nc1. The molecule has 2 rings (SSSR count). The lowest BCUT2D eigenvalue weighted by Gasteiger charge is -2.07. The summed E-state index contributed by atoms with van der Waals surface area (Å²) in [5, 5.41) is 21.1. The van der Waals surface area contributed by atoms with Crippen molar-refractivity contribution >= 4 is 29.2 Å². The lowest BCUT2D eigenvalue weighted by molar-refractivity contribution is 0.0693. The van der Waals surface area contributed by atoms with Gasteiger partial charge in [0.15, 0.2) is 0 Å². The minimum absolute atomic E-state index is 0.240. The van der Waals surface area contributed by atoms with Crippen LogP contribution in [0.15, 0.2) is 36.5 Å². The first kappa shape index (κ1) is 13.8. The highest BCUT2D eigenvalue weighted by atomic mass is 35.5. The van der Waals surface area contributed by atoms with E-state index in [0.29, 0.717) is 0 Å². The van der Waals surface area contributed by atoms with Crippen LogP contribution >= 0.6 is 11.6 Å². The lowest BCUT2D eigenvalue weighted by Crippen LogP contribution is -2.12. The summed E-state index contributed by atoms with van der Waals surface area (Å²) in [4.78, 5) is 26.4. The van der Waals surface area contributed by atoms with Gasteiger partial charge in [0.05, 0.1) is 5.56 Å². The van der Waals surface area contributed by atoms with Crippen molar-refractivity contribution in [2.24, 2.45) is 0 Å². The van der Waals surface area contributed by atoms with E-state index in [4.69, 9.17) is 16.7 Å². The van der Waals surface area contributed by atoms with Crippen LogP contribution in [0.3, 0.4) is 0 Å². The molecule has 3 N–H and O–H groups in total. The summed E-state index contributed by atoms with van der Waals surface area (Å²) < 4.78 is 0. The Kier molecular flexibility index (Phi) is 3.86. The summed E-state index contributed by atoms with van der Waals surface area (Å²) in [5.74, 6) is -2.12. The Morgan fingerprint density at radius 1 is 1.20 bits per heavy atom. The van der Waals surface area contributed by atoms with Gasteiger partial charge in [-0.1, -0.05) is 11.6 Å². The molecule has 0 saturated carbocycles. The van der Waals surface area contributed by atoms with Crippen LogP contribution < -0.4 is 5.32 Å². The van der Waals surface area contributed by atoms with Gasteiger partial charge >= 0.3 is 5.97 Å². The molecule has 0 saturated heterocycles. The van der Waals surface area contributed by atoms with Gasteiger partial charge in [-0.05, 0) is 24.3 Å². The molecular formula is C13H9ClN2O4. The normalized spacial score (nSPS) is 10.1. The van der Waals surface area contributed by atoms with Crippen molar-refractivity contribution in [2.45, 2.75) is 0 Å². The molecule has 1 aromatic carbocycles. The standard InChI is InChI=1S/C13H9ClN2O4/c14-11-4-1-7(6-15-11)12(18)16-8-2-3-9(13(19)20)10(17)5-8/h1-6,17H,(H,16,18)(H,19,20). The second-order valence-corrected chi connectivity index (χ2v) is 4.25. The van der Waals surface area contributed by atoms with E-state index >= 15 is 0 Å². The summed E-state index contributed by atoms with van der Waals surface area (Å²) in [5.41, 5.74) is 0.319. The first-order valence-electron chi connectivity index (χ1n) is 5.46. The zero-order chi connectivity index (χ0) is 14.7. The third-order valence-electron chi connectivity index (χ3n) is 2.48. The Labute approximate surface area is 118 Å². The molecule has 7 heteroatoms. The molecule has 0 spiro atoms. The van der Waals surface area contributed by atoms with E-state index in [1.54, 1.807) is 0 Å². The second-order valence-electron chi connectivity index (χ2n) is 3.86. The number of carbonyl (C=O) groups excluding carboxylic acids is 1. The van der Waals surface area contributed by atoms with Crippen molar-refractivity contribution in [3.05, 3.63) is 52.8 Å². The molecule has 0 unspecified atom stereocenters. The van der Waals surface area contributed by atoms with Crippen LogP contribution in [0.2, 0.25) is 5.15 Å². The highest BCUT2D eigenvalue weighted by Crippen LogP contribution is 2.22. The number of carboxylic acid groups (broad SMARTS) is 1. The third kappa shape index (κ3) is 3.04.